The molecule has 1 unspecified atom stereocenters. The van der Waals surface area contributed by atoms with E-state index in [-0.39, 0.29) is 16.0 Å². The number of hydrogen-bond acceptors (Lipinski definition) is 3. The van der Waals surface area contributed by atoms with Crippen LogP contribution in [0, 0.1) is 5.82 Å². The number of benzene rings is 1. The first kappa shape index (κ1) is 17.4. The van der Waals surface area contributed by atoms with Gasteiger partial charge in [0, 0.05) is 12.6 Å². The van der Waals surface area contributed by atoms with Gasteiger partial charge in [-0.05, 0) is 37.6 Å². The zero-order valence-corrected chi connectivity index (χ0v) is 13.4. The lowest BCUT2D eigenvalue weighted by atomic mass is 10.2. The molecule has 0 amide bonds. The summed E-state index contributed by atoms with van der Waals surface area (Å²) in [5, 5.41) is 2.95. The van der Waals surface area contributed by atoms with Crippen LogP contribution in [0.5, 0.6) is 0 Å². The lowest BCUT2D eigenvalue weighted by Crippen LogP contribution is -2.32. The Bertz CT molecular complexity index is 564. The molecule has 0 fully saturated rings. The summed E-state index contributed by atoms with van der Waals surface area (Å²) >= 11 is 5.85. The molecule has 0 radical (unpaired) electrons. The fourth-order valence-corrected chi connectivity index (χ4v) is 3.14. The Morgan fingerprint density at radius 2 is 2.00 bits per heavy atom. The highest BCUT2D eigenvalue weighted by Gasteiger charge is 2.20. The molecular formula is C13H20ClFN2O2S. The number of sulfonamides is 1. The van der Waals surface area contributed by atoms with E-state index in [9.17, 15) is 12.8 Å². The van der Waals surface area contributed by atoms with Crippen molar-refractivity contribution in [3.05, 3.63) is 28.5 Å². The molecule has 0 bridgehead atoms. The quantitative estimate of drug-likeness (QED) is 0.811. The van der Waals surface area contributed by atoms with Gasteiger partial charge < -0.3 is 5.32 Å². The van der Waals surface area contributed by atoms with Crippen molar-refractivity contribution in [3.63, 3.8) is 0 Å². The van der Waals surface area contributed by atoms with Gasteiger partial charge in [-0.3, -0.25) is 0 Å². The van der Waals surface area contributed by atoms with Crippen LogP contribution in [0.3, 0.4) is 0 Å². The Morgan fingerprint density at radius 3 is 2.55 bits per heavy atom. The van der Waals surface area contributed by atoms with Crippen LogP contribution in [0.2, 0.25) is 5.02 Å². The highest BCUT2D eigenvalue weighted by Crippen LogP contribution is 2.24. The zero-order chi connectivity index (χ0) is 15.3. The van der Waals surface area contributed by atoms with E-state index < -0.39 is 15.8 Å². The minimum Gasteiger partial charge on any atom is -0.313 e. The maximum atomic E-state index is 13.8. The van der Waals surface area contributed by atoms with Crippen LogP contribution in [0.15, 0.2) is 17.0 Å². The maximum Gasteiger partial charge on any atom is 0.240 e. The third-order valence-corrected chi connectivity index (χ3v) is 4.91. The average Bonchev–Trinajstić information content (AvgIpc) is 2.39. The second-order valence-corrected chi connectivity index (χ2v) is 6.68. The van der Waals surface area contributed by atoms with E-state index in [0.29, 0.717) is 25.1 Å². The molecule has 20 heavy (non-hydrogen) atoms. The zero-order valence-electron chi connectivity index (χ0n) is 11.8. The molecule has 0 saturated heterocycles. The monoisotopic (exact) mass is 322 g/mol. The first-order chi connectivity index (χ1) is 9.31. The second-order valence-electron chi connectivity index (χ2n) is 4.59. The normalized spacial score (nSPS) is 13.4. The van der Waals surface area contributed by atoms with E-state index in [1.807, 2.05) is 13.8 Å². The molecule has 7 heteroatoms. The summed E-state index contributed by atoms with van der Waals surface area (Å²) in [6.07, 6.45) is 0.652. The standard InChI is InChI=1S/C13H20ClFN2O2S/c1-4-9(3)17-20(18,19)11-6-10(8-16-5-2)13(14)12(15)7-11/h6-7,9,16-17H,4-5,8H2,1-3H3. The van der Waals surface area contributed by atoms with Gasteiger partial charge in [-0.15, -0.1) is 0 Å². The van der Waals surface area contributed by atoms with Crippen molar-refractivity contribution in [1.29, 1.82) is 0 Å². The van der Waals surface area contributed by atoms with Crippen molar-refractivity contribution < 1.29 is 12.8 Å². The van der Waals surface area contributed by atoms with Gasteiger partial charge in [-0.25, -0.2) is 17.5 Å². The lowest BCUT2D eigenvalue weighted by molar-refractivity contribution is 0.553. The van der Waals surface area contributed by atoms with E-state index >= 15 is 0 Å². The first-order valence-corrected chi connectivity index (χ1v) is 8.38. The second kappa shape index (κ2) is 7.36. The molecule has 114 valence electrons. The molecule has 0 aliphatic carbocycles. The topological polar surface area (TPSA) is 58.2 Å². The number of hydrogen-bond donors (Lipinski definition) is 2. The van der Waals surface area contributed by atoms with Crippen molar-refractivity contribution in [2.45, 2.75) is 44.7 Å². The van der Waals surface area contributed by atoms with Crippen LogP contribution in [-0.2, 0) is 16.6 Å². The highest BCUT2D eigenvalue weighted by molar-refractivity contribution is 7.89. The minimum absolute atomic E-state index is 0.0477. The molecule has 1 atom stereocenters. The molecule has 2 N–H and O–H groups in total. The van der Waals surface area contributed by atoms with E-state index in [4.69, 9.17) is 11.6 Å². The van der Waals surface area contributed by atoms with Gasteiger partial charge in [-0.2, -0.15) is 0 Å². The summed E-state index contributed by atoms with van der Waals surface area (Å²) in [6.45, 7) is 6.52. The molecule has 1 aromatic rings. The Balaban J connectivity index is 3.15. The van der Waals surface area contributed by atoms with Crippen LogP contribution in [0.4, 0.5) is 4.39 Å². The van der Waals surface area contributed by atoms with Gasteiger partial charge in [0.15, 0.2) is 0 Å². The third-order valence-electron chi connectivity index (χ3n) is 2.92. The summed E-state index contributed by atoms with van der Waals surface area (Å²) < 4.78 is 40.6. The summed E-state index contributed by atoms with van der Waals surface area (Å²) in [7, 11) is -3.73. The molecule has 0 aliphatic rings. The Morgan fingerprint density at radius 1 is 1.35 bits per heavy atom. The van der Waals surface area contributed by atoms with Gasteiger partial charge in [0.1, 0.15) is 5.82 Å². The van der Waals surface area contributed by atoms with Crippen molar-refractivity contribution >= 4 is 21.6 Å². The first-order valence-electron chi connectivity index (χ1n) is 6.52. The molecule has 0 heterocycles. The molecule has 0 aromatic heterocycles. The smallest absolute Gasteiger partial charge is 0.240 e. The predicted molar refractivity (Wildman–Crippen MR) is 78.9 cm³/mol. The summed E-state index contributed by atoms with van der Waals surface area (Å²) in [5.74, 6) is -0.730. The molecule has 1 aromatic carbocycles. The van der Waals surface area contributed by atoms with Crippen molar-refractivity contribution in [1.82, 2.24) is 10.0 Å². The van der Waals surface area contributed by atoms with Gasteiger partial charge in [0.25, 0.3) is 0 Å². The highest BCUT2D eigenvalue weighted by atomic mass is 35.5. The van der Waals surface area contributed by atoms with E-state index in [0.717, 1.165) is 6.07 Å². The summed E-state index contributed by atoms with van der Waals surface area (Å²) in [5.41, 5.74) is 0.429. The van der Waals surface area contributed by atoms with Crippen molar-refractivity contribution in [2.75, 3.05) is 6.54 Å². The fraction of sp³-hybridized carbons (Fsp3) is 0.538. The van der Waals surface area contributed by atoms with Crippen LogP contribution in [-0.4, -0.2) is 21.0 Å². The molecule has 1 rings (SSSR count). The average molecular weight is 323 g/mol. The Hall–Kier alpha value is -0.690. The van der Waals surface area contributed by atoms with Crippen LogP contribution < -0.4 is 10.0 Å². The van der Waals surface area contributed by atoms with E-state index in [1.165, 1.54) is 6.07 Å². The van der Waals surface area contributed by atoms with Crippen LogP contribution in [0.25, 0.3) is 0 Å². The molecular weight excluding hydrogens is 303 g/mol. The molecule has 0 aliphatic heterocycles. The number of halogens is 2. The van der Waals surface area contributed by atoms with Crippen molar-refractivity contribution in [2.24, 2.45) is 0 Å². The summed E-state index contributed by atoms with van der Waals surface area (Å²) in [4.78, 5) is -0.104. The SMILES string of the molecule is CCNCc1cc(S(=O)(=O)NC(C)CC)cc(F)c1Cl. The third kappa shape index (κ3) is 4.41. The molecule has 0 spiro atoms. The summed E-state index contributed by atoms with van der Waals surface area (Å²) in [6, 6.07) is 2.14. The van der Waals surface area contributed by atoms with Crippen molar-refractivity contribution in [3.8, 4) is 0 Å². The predicted octanol–water partition coefficient (Wildman–Crippen LogP) is 2.67. The van der Waals surface area contributed by atoms with Gasteiger partial charge in [0.05, 0.1) is 9.92 Å². The number of rotatable bonds is 7. The minimum atomic E-state index is -3.73. The molecule has 4 nitrogen and oxygen atoms in total. The van der Waals surface area contributed by atoms with Gasteiger partial charge >= 0.3 is 0 Å². The van der Waals surface area contributed by atoms with Crippen LogP contribution >= 0.6 is 11.6 Å². The molecule has 0 saturated carbocycles. The largest absolute Gasteiger partial charge is 0.313 e. The van der Waals surface area contributed by atoms with Crippen LogP contribution in [0.1, 0.15) is 32.8 Å². The van der Waals surface area contributed by atoms with E-state index in [2.05, 4.69) is 10.0 Å². The maximum absolute atomic E-state index is 13.8. The van der Waals surface area contributed by atoms with E-state index in [1.54, 1.807) is 6.92 Å². The Labute approximate surface area is 124 Å². The van der Waals surface area contributed by atoms with Gasteiger partial charge in [-0.1, -0.05) is 25.4 Å². The number of nitrogens with one attached hydrogen (secondary N) is 2. The van der Waals surface area contributed by atoms with Gasteiger partial charge in [0.2, 0.25) is 10.0 Å². The fourth-order valence-electron chi connectivity index (χ4n) is 1.58. The lowest BCUT2D eigenvalue weighted by Gasteiger charge is -2.14. The Kier molecular flexibility index (Phi) is 6.39.